The van der Waals surface area contributed by atoms with Gasteiger partial charge in [0.2, 0.25) is 0 Å². The van der Waals surface area contributed by atoms with Crippen molar-refractivity contribution < 1.29 is 0 Å². The molecule has 0 spiro atoms. The van der Waals surface area contributed by atoms with Crippen LogP contribution < -0.4 is 5.73 Å². The molecule has 0 saturated carbocycles. The van der Waals surface area contributed by atoms with E-state index in [1.165, 1.54) is 5.56 Å². The highest BCUT2D eigenvalue weighted by atomic mass is 35.5. The van der Waals surface area contributed by atoms with E-state index in [-0.39, 0.29) is 0 Å². The highest BCUT2D eigenvalue weighted by molar-refractivity contribution is 7.99. The molecule has 2 aromatic carbocycles. The zero-order valence-electron chi connectivity index (χ0n) is 9.91. The van der Waals surface area contributed by atoms with Crippen LogP contribution in [0.1, 0.15) is 11.1 Å². The fourth-order valence-corrected chi connectivity index (χ4v) is 2.97. The molecule has 0 aromatic heterocycles. The molecule has 0 atom stereocenters. The fraction of sp³-hybridized carbons (Fsp3) is 0.143. The predicted molar refractivity (Wildman–Crippen MR) is 79.7 cm³/mol. The number of hydrogen-bond acceptors (Lipinski definition) is 2. The van der Waals surface area contributed by atoms with Crippen LogP contribution in [0.2, 0.25) is 10.0 Å². The Hall–Kier alpha value is -0.670. The second-order valence-electron chi connectivity index (χ2n) is 3.99. The van der Waals surface area contributed by atoms with Gasteiger partial charge in [0.1, 0.15) is 0 Å². The zero-order chi connectivity index (χ0) is 13.1. The van der Waals surface area contributed by atoms with Gasteiger partial charge in [-0.2, -0.15) is 0 Å². The number of nitrogens with two attached hydrogens (primary N) is 1. The number of rotatable bonds is 3. The van der Waals surface area contributed by atoms with E-state index < -0.39 is 0 Å². The second-order valence-corrected chi connectivity index (χ2v) is 5.92. The molecular weight excluding hydrogens is 285 g/mol. The first kappa shape index (κ1) is 13.8. The van der Waals surface area contributed by atoms with Crippen molar-refractivity contribution in [3.63, 3.8) is 0 Å². The van der Waals surface area contributed by atoms with Crippen molar-refractivity contribution in [2.24, 2.45) is 5.73 Å². The predicted octanol–water partition coefficient (Wildman–Crippen LogP) is 4.91. The van der Waals surface area contributed by atoms with E-state index in [2.05, 4.69) is 25.1 Å². The summed E-state index contributed by atoms with van der Waals surface area (Å²) in [6.45, 7) is 2.60. The Morgan fingerprint density at radius 3 is 2.50 bits per heavy atom. The van der Waals surface area contributed by atoms with Crippen LogP contribution >= 0.6 is 35.0 Å². The summed E-state index contributed by atoms with van der Waals surface area (Å²) in [6.07, 6.45) is 0. The minimum atomic E-state index is 0.533. The average Bonchev–Trinajstić information content (AvgIpc) is 2.36. The first-order valence-electron chi connectivity index (χ1n) is 5.52. The van der Waals surface area contributed by atoms with Gasteiger partial charge in [0.15, 0.2) is 0 Å². The van der Waals surface area contributed by atoms with Crippen LogP contribution in [0.4, 0.5) is 0 Å². The van der Waals surface area contributed by atoms with Gasteiger partial charge in [0, 0.05) is 16.3 Å². The molecule has 2 aromatic rings. The fourth-order valence-electron chi connectivity index (χ4n) is 1.63. The lowest BCUT2D eigenvalue weighted by molar-refractivity contribution is 1.02. The maximum absolute atomic E-state index is 6.01. The van der Waals surface area contributed by atoms with Crippen LogP contribution in [0.5, 0.6) is 0 Å². The number of halogens is 2. The molecule has 1 nitrogen and oxygen atoms in total. The van der Waals surface area contributed by atoms with Crippen LogP contribution in [-0.2, 0) is 6.54 Å². The molecule has 18 heavy (non-hydrogen) atoms. The summed E-state index contributed by atoms with van der Waals surface area (Å²) in [4.78, 5) is 2.21. The second kappa shape index (κ2) is 5.98. The maximum atomic E-state index is 6.01. The smallest absolute Gasteiger partial charge is 0.0603 e. The van der Waals surface area contributed by atoms with E-state index in [1.54, 1.807) is 11.8 Å². The Kier molecular flexibility index (Phi) is 4.57. The Labute approximate surface area is 121 Å². The molecule has 0 heterocycles. The van der Waals surface area contributed by atoms with Gasteiger partial charge in [0.25, 0.3) is 0 Å². The van der Waals surface area contributed by atoms with Crippen molar-refractivity contribution >= 4 is 35.0 Å². The van der Waals surface area contributed by atoms with Gasteiger partial charge in [-0.1, -0.05) is 52.7 Å². The largest absolute Gasteiger partial charge is 0.326 e. The lowest BCUT2D eigenvalue weighted by Gasteiger charge is -2.09. The Balaban J connectivity index is 2.30. The SMILES string of the molecule is Cc1ccc(Sc2ccc(Cl)c(Cl)c2)c(CN)c1. The van der Waals surface area contributed by atoms with E-state index in [9.17, 15) is 0 Å². The topological polar surface area (TPSA) is 26.0 Å². The molecule has 0 bridgehead atoms. The molecule has 4 heteroatoms. The third-order valence-electron chi connectivity index (χ3n) is 2.55. The van der Waals surface area contributed by atoms with Gasteiger partial charge in [0.05, 0.1) is 10.0 Å². The van der Waals surface area contributed by atoms with E-state index in [1.807, 2.05) is 18.2 Å². The summed E-state index contributed by atoms with van der Waals surface area (Å²) in [5, 5.41) is 1.15. The molecule has 0 fully saturated rings. The summed E-state index contributed by atoms with van der Waals surface area (Å²) < 4.78 is 0. The minimum Gasteiger partial charge on any atom is -0.326 e. The molecular formula is C14H13Cl2NS. The summed E-state index contributed by atoms with van der Waals surface area (Å²) >= 11 is 13.6. The Bertz CT molecular complexity index is 570. The van der Waals surface area contributed by atoms with Gasteiger partial charge in [-0.15, -0.1) is 0 Å². The highest BCUT2D eigenvalue weighted by Gasteiger charge is 2.05. The van der Waals surface area contributed by atoms with Crippen molar-refractivity contribution in [1.29, 1.82) is 0 Å². The Morgan fingerprint density at radius 1 is 1.06 bits per heavy atom. The minimum absolute atomic E-state index is 0.533. The van der Waals surface area contributed by atoms with Gasteiger partial charge in [-0.25, -0.2) is 0 Å². The summed E-state index contributed by atoms with van der Waals surface area (Å²) in [5.41, 5.74) is 8.13. The number of aryl methyl sites for hydroxylation is 1. The molecule has 0 amide bonds. The van der Waals surface area contributed by atoms with Crippen molar-refractivity contribution in [3.8, 4) is 0 Å². The third kappa shape index (κ3) is 3.21. The lowest BCUT2D eigenvalue weighted by atomic mass is 10.1. The normalized spacial score (nSPS) is 10.7. The average molecular weight is 298 g/mol. The molecule has 0 aliphatic carbocycles. The van der Waals surface area contributed by atoms with Crippen LogP contribution in [0.25, 0.3) is 0 Å². The number of hydrogen-bond donors (Lipinski definition) is 1. The third-order valence-corrected chi connectivity index (χ3v) is 4.40. The van der Waals surface area contributed by atoms with Crippen LogP contribution in [0.3, 0.4) is 0 Å². The van der Waals surface area contributed by atoms with E-state index >= 15 is 0 Å². The molecule has 2 N–H and O–H groups in total. The van der Waals surface area contributed by atoms with Crippen LogP contribution in [-0.4, -0.2) is 0 Å². The van der Waals surface area contributed by atoms with Gasteiger partial charge < -0.3 is 5.73 Å². The Morgan fingerprint density at radius 2 is 1.83 bits per heavy atom. The van der Waals surface area contributed by atoms with Crippen molar-refractivity contribution in [1.82, 2.24) is 0 Å². The summed E-state index contributed by atoms with van der Waals surface area (Å²) in [6, 6.07) is 11.9. The summed E-state index contributed by atoms with van der Waals surface area (Å²) in [5.74, 6) is 0. The van der Waals surface area contributed by atoms with Crippen molar-refractivity contribution in [2.75, 3.05) is 0 Å². The maximum Gasteiger partial charge on any atom is 0.0603 e. The number of benzene rings is 2. The quantitative estimate of drug-likeness (QED) is 0.871. The summed E-state index contributed by atoms with van der Waals surface area (Å²) in [7, 11) is 0. The monoisotopic (exact) mass is 297 g/mol. The van der Waals surface area contributed by atoms with Gasteiger partial charge in [-0.3, -0.25) is 0 Å². The molecule has 0 aliphatic rings. The van der Waals surface area contributed by atoms with Crippen molar-refractivity contribution in [2.45, 2.75) is 23.3 Å². The molecule has 0 unspecified atom stereocenters. The van der Waals surface area contributed by atoms with E-state index in [0.29, 0.717) is 16.6 Å². The zero-order valence-corrected chi connectivity index (χ0v) is 12.2. The molecule has 2 rings (SSSR count). The molecule has 0 aliphatic heterocycles. The van der Waals surface area contributed by atoms with E-state index in [0.717, 1.165) is 15.4 Å². The van der Waals surface area contributed by atoms with Crippen LogP contribution in [0.15, 0.2) is 46.2 Å². The highest BCUT2D eigenvalue weighted by Crippen LogP contribution is 2.34. The van der Waals surface area contributed by atoms with Gasteiger partial charge >= 0.3 is 0 Å². The molecule has 0 radical (unpaired) electrons. The molecule has 0 saturated heterocycles. The van der Waals surface area contributed by atoms with Crippen LogP contribution in [0, 0.1) is 6.92 Å². The lowest BCUT2D eigenvalue weighted by Crippen LogP contribution is -1.98. The van der Waals surface area contributed by atoms with Crippen molar-refractivity contribution in [3.05, 3.63) is 57.6 Å². The first-order chi connectivity index (χ1) is 8.60. The first-order valence-corrected chi connectivity index (χ1v) is 7.10. The van der Waals surface area contributed by atoms with E-state index in [4.69, 9.17) is 28.9 Å². The molecule has 94 valence electrons. The van der Waals surface area contributed by atoms with Gasteiger partial charge in [-0.05, 0) is 36.8 Å². The standard InChI is InChI=1S/C14H13Cl2NS/c1-9-2-5-14(10(6-9)8-17)18-11-3-4-12(15)13(16)7-11/h2-7H,8,17H2,1H3.